The van der Waals surface area contributed by atoms with Crippen molar-refractivity contribution in [3.05, 3.63) is 52.6 Å². The van der Waals surface area contributed by atoms with Crippen molar-refractivity contribution < 1.29 is 24.3 Å². The molecule has 1 aliphatic heterocycles. The van der Waals surface area contributed by atoms with Gasteiger partial charge in [-0.1, -0.05) is 0 Å². The number of carbonyl (C=O) groups is 1. The van der Waals surface area contributed by atoms with Gasteiger partial charge in [0.2, 0.25) is 0 Å². The van der Waals surface area contributed by atoms with Crippen LogP contribution in [-0.2, 0) is 4.79 Å². The second-order valence-electron chi connectivity index (χ2n) is 6.26. The minimum absolute atomic E-state index is 0.0295. The molecular weight excluding hydrogens is 366 g/mol. The van der Waals surface area contributed by atoms with Crippen molar-refractivity contribution in [3.8, 4) is 17.2 Å². The third-order valence-electron chi connectivity index (χ3n) is 4.56. The molecule has 2 aromatic carbocycles. The molecule has 3 rings (SSSR count). The van der Waals surface area contributed by atoms with E-state index in [-0.39, 0.29) is 29.7 Å². The van der Waals surface area contributed by atoms with E-state index >= 15 is 0 Å². The van der Waals surface area contributed by atoms with Crippen LogP contribution in [0.25, 0.3) is 0 Å². The Balaban J connectivity index is 1.55. The number of aromatic hydroxyl groups is 1. The number of phenols is 1. The zero-order valence-corrected chi connectivity index (χ0v) is 15.4. The number of ether oxygens (including phenoxy) is 2. The number of nitrogens with zero attached hydrogens (tertiary/aromatic N) is 3. The number of carbonyl (C=O) groups excluding carboxylic acids is 1. The third-order valence-corrected chi connectivity index (χ3v) is 4.56. The molecule has 0 atom stereocenters. The van der Waals surface area contributed by atoms with Gasteiger partial charge < -0.3 is 24.4 Å². The van der Waals surface area contributed by atoms with E-state index in [9.17, 15) is 20.0 Å². The molecule has 2 aromatic rings. The minimum Gasteiger partial charge on any atom is -0.508 e. The van der Waals surface area contributed by atoms with Crippen molar-refractivity contribution >= 4 is 17.3 Å². The van der Waals surface area contributed by atoms with Gasteiger partial charge in [-0.2, -0.15) is 0 Å². The van der Waals surface area contributed by atoms with E-state index in [1.54, 1.807) is 23.1 Å². The van der Waals surface area contributed by atoms with E-state index in [0.29, 0.717) is 31.9 Å². The lowest BCUT2D eigenvalue weighted by Gasteiger charge is -2.36. The second-order valence-corrected chi connectivity index (χ2v) is 6.26. The van der Waals surface area contributed by atoms with Gasteiger partial charge >= 0.3 is 5.69 Å². The molecule has 0 saturated carbocycles. The van der Waals surface area contributed by atoms with E-state index in [2.05, 4.69) is 4.90 Å². The summed E-state index contributed by atoms with van der Waals surface area (Å²) in [5.74, 6) is 0.357. The first kappa shape index (κ1) is 19.3. The van der Waals surface area contributed by atoms with Gasteiger partial charge in [0.15, 0.2) is 12.4 Å². The Bertz CT molecular complexity index is 847. The van der Waals surface area contributed by atoms with Gasteiger partial charge in [0.05, 0.1) is 18.1 Å². The summed E-state index contributed by atoms with van der Waals surface area (Å²) in [5.41, 5.74) is 0.735. The van der Waals surface area contributed by atoms with Crippen LogP contribution in [0.5, 0.6) is 17.2 Å². The van der Waals surface area contributed by atoms with Crippen molar-refractivity contribution in [2.45, 2.75) is 0 Å². The van der Waals surface area contributed by atoms with Crippen LogP contribution in [0.2, 0.25) is 0 Å². The molecule has 1 N–H and O–H groups in total. The number of phenolic OH excluding ortho intramolecular Hbond substituents is 1. The Hall–Kier alpha value is -3.49. The number of benzene rings is 2. The molecule has 9 nitrogen and oxygen atoms in total. The third kappa shape index (κ3) is 4.43. The lowest BCUT2D eigenvalue weighted by molar-refractivity contribution is -0.385. The number of piperazine rings is 1. The molecule has 0 bridgehead atoms. The fraction of sp³-hybridized carbons (Fsp3) is 0.316. The molecule has 0 aromatic heterocycles. The number of nitro benzene ring substituents is 1. The van der Waals surface area contributed by atoms with Crippen LogP contribution < -0.4 is 14.4 Å². The van der Waals surface area contributed by atoms with Gasteiger partial charge in [0.1, 0.15) is 11.5 Å². The fourth-order valence-electron chi connectivity index (χ4n) is 3.00. The topological polar surface area (TPSA) is 105 Å². The average Bonchev–Trinajstić information content (AvgIpc) is 2.72. The van der Waals surface area contributed by atoms with Gasteiger partial charge in [0.25, 0.3) is 5.91 Å². The molecule has 1 aliphatic rings. The van der Waals surface area contributed by atoms with Crippen molar-refractivity contribution in [2.24, 2.45) is 0 Å². The monoisotopic (exact) mass is 387 g/mol. The predicted molar refractivity (Wildman–Crippen MR) is 102 cm³/mol. The molecule has 1 amide bonds. The molecule has 0 spiro atoms. The summed E-state index contributed by atoms with van der Waals surface area (Å²) in [4.78, 5) is 26.8. The highest BCUT2D eigenvalue weighted by atomic mass is 16.6. The quantitative estimate of drug-likeness (QED) is 0.597. The van der Waals surface area contributed by atoms with Crippen LogP contribution in [-0.4, -0.2) is 60.7 Å². The summed E-state index contributed by atoms with van der Waals surface area (Å²) < 4.78 is 10.4. The predicted octanol–water partition coefficient (Wildman–Crippen LogP) is 2.04. The van der Waals surface area contributed by atoms with Crippen LogP contribution in [0.3, 0.4) is 0 Å². The van der Waals surface area contributed by atoms with Crippen LogP contribution in [0.4, 0.5) is 11.4 Å². The van der Waals surface area contributed by atoms with Gasteiger partial charge in [0, 0.05) is 31.9 Å². The number of hydrogen-bond donors (Lipinski definition) is 1. The van der Waals surface area contributed by atoms with E-state index in [0.717, 1.165) is 5.69 Å². The van der Waals surface area contributed by atoms with Crippen molar-refractivity contribution in [1.29, 1.82) is 0 Å². The standard InChI is InChI=1S/C19H21N3O6/c1-27-16-6-7-18(17(12-16)22(25)26)28-13-19(24)21-10-8-20(9-11-21)14-2-4-15(23)5-3-14/h2-7,12,23H,8-11,13H2,1H3. The summed E-state index contributed by atoms with van der Waals surface area (Å²) in [5, 5.41) is 20.6. The van der Waals surface area contributed by atoms with Crippen molar-refractivity contribution in [1.82, 2.24) is 4.90 Å². The number of nitro groups is 1. The SMILES string of the molecule is COc1ccc(OCC(=O)N2CCN(c3ccc(O)cc3)CC2)c([N+](=O)[O-])c1. The molecule has 1 heterocycles. The maximum Gasteiger partial charge on any atom is 0.314 e. The smallest absolute Gasteiger partial charge is 0.314 e. The molecule has 0 radical (unpaired) electrons. The van der Waals surface area contributed by atoms with E-state index in [4.69, 9.17) is 9.47 Å². The zero-order valence-electron chi connectivity index (χ0n) is 15.4. The molecule has 0 aliphatic carbocycles. The fourth-order valence-corrected chi connectivity index (χ4v) is 3.00. The Morgan fingerprint density at radius 2 is 1.82 bits per heavy atom. The molecule has 1 fully saturated rings. The van der Waals surface area contributed by atoms with Gasteiger partial charge in [-0.05, 0) is 36.4 Å². The Labute approximate surface area is 161 Å². The normalized spacial score (nSPS) is 13.9. The van der Waals surface area contributed by atoms with Gasteiger partial charge in [-0.3, -0.25) is 14.9 Å². The minimum atomic E-state index is -0.571. The van der Waals surface area contributed by atoms with Gasteiger partial charge in [-0.15, -0.1) is 0 Å². The van der Waals surface area contributed by atoms with E-state index in [1.807, 2.05) is 12.1 Å². The maximum atomic E-state index is 12.4. The van der Waals surface area contributed by atoms with Crippen LogP contribution in [0, 0.1) is 10.1 Å². The second kappa shape index (κ2) is 8.47. The van der Waals surface area contributed by atoms with Crippen molar-refractivity contribution in [2.75, 3.05) is 44.8 Å². The van der Waals surface area contributed by atoms with Crippen molar-refractivity contribution in [3.63, 3.8) is 0 Å². The van der Waals surface area contributed by atoms with Crippen LogP contribution >= 0.6 is 0 Å². The molecule has 28 heavy (non-hydrogen) atoms. The van der Waals surface area contributed by atoms with Crippen LogP contribution in [0.1, 0.15) is 0 Å². The molecule has 9 heteroatoms. The number of hydrogen-bond acceptors (Lipinski definition) is 7. The first-order valence-electron chi connectivity index (χ1n) is 8.75. The Kier molecular flexibility index (Phi) is 5.83. The number of rotatable bonds is 6. The highest BCUT2D eigenvalue weighted by Gasteiger charge is 2.23. The van der Waals surface area contributed by atoms with E-state index in [1.165, 1.54) is 19.2 Å². The number of methoxy groups -OCH3 is 1. The van der Waals surface area contributed by atoms with E-state index < -0.39 is 4.92 Å². The lowest BCUT2D eigenvalue weighted by atomic mass is 10.2. The molecule has 0 unspecified atom stereocenters. The first-order valence-corrected chi connectivity index (χ1v) is 8.75. The highest BCUT2D eigenvalue weighted by molar-refractivity contribution is 5.78. The average molecular weight is 387 g/mol. The summed E-state index contributed by atoms with van der Waals surface area (Å²) in [7, 11) is 1.42. The Morgan fingerprint density at radius 3 is 2.43 bits per heavy atom. The summed E-state index contributed by atoms with van der Waals surface area (Å²) in [6.07, 6.45) is 0. The highest BCUT2D eigenvalue weighted by Crippen LogP contribution is 2.31. The maximum absolute atomic E-state index is 12.4. The molecule has 148 valence electrons. The zero-order chi connectivity index (χ0) is 20.1. The summed E-state index contributed by atoms with van der Waals surface area (Å²) >= 11 is 0. The number of amides is 1. The van der Waals surface area contributed by atoms with Gasteiger partial charge in [-0.25, -0.2) is 0 Å². The molecular formula is C19H21N3O6. The summed E-state index contributed by atoms with van der Waals surface area (Å²) in [6.45, 7) is 2.08. The molecule has 1 saturated heterocycles. The number of anilines is 1. The lowest BCUT2D eigenvalue weighted by Crippen LogP contribution is -2.50. The first-order chi connectivity index (χ1) is 13.5. The Morgan fingerprint density at radius 1 is 1.14 bits per heavy atom. The largest absolute Gasteiger partial charge is 0.508 e. The summed E-state index contributed by atoms with van der Waals surface area (Å²) in [6, 6.07) is 11.1. The van der Waals surface area contributed by atoms with Crippen LogP contribution in [0.15, 0.2) is 42.5 Å².